The number of alkyl halides is 3. The maximum atomic E-state index is 13.3. The molecule has 3 rings (SSSR count). The maximum Gasteiger partial charge on any atom is 0.433 e. The van der Waals surface area contributed by atoms with Crippen molar-refractivity contribution < 1.29 is 22.8 Å². The Labute approximate surface area is 151 Å². The highest BCUT2D eigenvalue weighted by Gasteiger charge is 2.34. The summed E-state index contributed by atoms with van der Waals surface area (Å²) in [6.07, 6.45) is -4.67. The van der Waals surface area contributed by atoms with Gasteiger partial charge in [0.15, 0.2) is 5.82 Å². The van der Waals surface area contributed by atoms with Gasteiger partial charge in [-0.25, -0.2) is 9.97 Å². The molecule has 9 heteroatoms. The van der Waals surface area contributed by atoms with Crippen molar-refractivity contribution in [3.8, 4) is 28.4 Å². The summed E-state index contributed by atoms with van der Waals surface area (Å²) in [5.41, 5.74) is -0.514. The lowest BCUT2D eigenvalue weighted by Crippen LogP contribution is -2.10. The molecule has 0 aliphatic heterocycles. The van der Waals surface area contributed by atoms with Crippen LogP contribution in [0.15, 0.2) is 54.6 Å². The van der Waals surface area contributed by atoms with Crippen molar-refractivity contribution in [1.82, 2.24) is 9.97 Å². The largest absolute Gasteiger partial charge is 0.497 e. The number of aromatic nitrogens is 2. The molecule has 0 unspecified atom stereocenters. The lowest BCUT2D eigenvalue weighted by molar-refractivity contribution is -0.384. The Balaban J connectivity index is 2.11. The van der Waals surface area contributed by atoms with E-state index in [1.807, 2.05) is 0 Å². The van der Waals surface area contributed by atoms with Gasteiger partial charge in [-0.3, -0.25) is 10.1 Å². The summed E-state index contributed by atoms with van der Waals surface area (Å²) in [4.78, 5) is 17.9. The van der Waals surface area contributed by atoms with Gasteiger partial charge in [0.2, 0.25) is 0 Å². The lowest BCUT2D eigenvalue weighted by atomic mass is 10.1. The van der Waals surface area contributed by atoms with Crippen molar-refractivity contribution in [3.05, 3.63) is 70.4 Å². The average molecular weight is 375 g/mol. The molecule has 0 fully saturated rings. The Bertz CT molecular complexity index is 972. The third kappa shape index (κ3) is 4.02. The van der Waals surface area contributed by atoms with Gasteiger partial charge in [-0.2, -0.15) is 13.2 Å². The van der Waals surface area contributed by atoms with Crippen LogP contribution < -0.4 is 4.74 Å². The van der Waals surface area contributed by atoms with E-state index in [0.717, 1.165) is 6.07 Å². The van der Waals surface area contributed by atoms with Gasteiger partial charge < -0.3 is 4.74 Å². The van der Waals surface area contributed by atoms with Gasteiger partial charge >= 0.3 is 6.18 Å². The first-order valence-electron chi connectivity index (χ1n) is 7.63. The summed E-state index contributed by atoms with van der Waals surface area (Å²) < 4.78 is 44.8. The Morgan fingerprint density at radius 3 is 2.07 bits per heavy atom. The number of methoxy groups -OCH3 is 1. The van der Waals surface area contributed by atoms with Crippen LogP contribution in [-0.4, -0.2) is 22.0 Å². The van der Waals surface area contributed by atoms with Crippen LogP contribution in [0.5, 0.6) is 5.75 Å². The second kappa shape index (κ2) is 7.02. The molecule has 0 bridgehead atoms. The van der Waals surface area contributed by atoms with E-state index in [9.17, 15) is 23.3 Å². The molecule has 3 aromatic rings. The molecule has 0 spiro atoms. The van der Waals surface area contributed by atoms with E-state index in [1.54, 1.807) is 24.3 Å². The average Bonchev–Trinajstić information content (AvgIpc) is 2.67. The fraction of sp³-hybridized carbons (Fsp3) is 0.111. The highest BCUT2D eigenvalue weighted by Crippen LogP contribution is 2.33. The molecular weight excluding hydrogens is 363 g/mol. The van der Waals surface area contributed by atoms with Gasteiger partial charge in [0.1, 0.15) is 11.4 Å². The van der Waals surface area contributed by atoms with Crippen LogP contribution in [0.1, 0.15) is 5.69 Å². The van der Waals surface area contributed by atoms with Gasteiger partial charge in [0, 0.05) is 23.3 Å². The molecular formula is C18H12F3N3O3. The topological polar surface area (TPSA) is 78.2 Å². The highest BCUT2D eigenvalue weighted by atomic mass is 19.4. The van der Waals surface area contributed by atoms with Gasteiger partial charge in [-0.15, -0.1) is 0 Å². The molecule has 1 heterocycles. The van der Waals surface area contributed by atoms with Gasteiger partial charge in [-0.1, -0.05) is 0 Å². The Morgan fingerprint density at radius 2 is 1.56 bits per heavy atom. The van der Waals surface area contributed by atoms with Crippen molar-refractivity contribution in [2.24, 2.45) is 0 Å². The molecule has 0 atom stereocenters. The fourth-order valence-corrected chi connectivity index (χ4v) is 2.36. The molecule has 0 aliphatic carbocycles. The zero-order chi connectivity index (χ0) is 19.6. The van der Waals surface area contributed by atoms with Crippen molar-refractivity contribution in [3.63, 3.8) is 0 Å². The number of hydrogen-bond acceptors (Lipinski definition) is 5. The molecule has 0 saturated carbocycles. The normalized spacial score (nSPS) is 11.3. The van der Waals surface area contributed by atoms with Crippen molar-refractivity contribution >= 4 is 5.69 Å². The molecule has 0 N–H and O–H groups in total. The highest BCUT2D eigenvalue weighted by molar-refractivity contribution is 5.65. The first-order chi connectivity index (χ1) is 12.8. The van der Waals surface area contributed by atoms with Crippen molar-refractivity contribution in [2.45, 2.75) is 6.18 Å². The first-order valence-corrected chi connectivity index (χ1v) is 7.63. The molecule has 0 amide bonds. The van der Waals surface area contributed by atoms with E-state index in [2.05, 4.69) is 9.97 Å². The summed E-state index contributed by atoms with van der Waals surface area (Å²) in [6, 6.07) is 12.2. The number of nitro groups is 1. The number of halogens is 3. The summed E-state index contributed by atoms with van der Waals surface area (Å²) in [5.74, 6) is 0.380. The van der Waals surface area contributed by atoms with Crippen molar-refractivity contribution in [2.75, 3.05) is 7.11 Å². The van der Waals surface area contributed by atoms with Crippen LogP contribution in [-0.2, 0) is 6.18 Å². The first kappa shape index (κ1) is 18.3. The van der Waals surface area contributed by atoms with Crippen LogP contribution in [0.4, 0.5) is 18.9 Å². The third-order valence-corrected chi connectivity index (χ3v) is 3.74. The second-order valence-corrected chi connectivity index (χ2v) is 5.49. The minimum Gasteiger partial charge on any atom is -0.497 e. The fourth-order valence-electron chi connectivity index (χ4n) is 2.36. The van der Waals surface area contributed by atoms with E-state index in [-0.39, 0.29) is 22.8 Å². The lowest BCUT2D eigenvalue weighted by Gasteiger charge is -2.11. The Morgan fingerprint density at radius 1 is 0.963 bits per heavy atom. The molecule has 1 aromatic heterocycles. The Hall–Kier alpha value is -3.49. The van der Waals surface area contributed by atoms with Crippen LogP contribution in [0.2, 0.25) is 0 Å². The number of nitro benzene ring substituents is 1. The van der Waals surface area contributed by atoms with Gasteiger partial charge in [0.25, 0.3) is 5.69 Å². The van der Waals surface area contributed by atoms with E-state index in [1.165, 1.54) is 31.4 Å². The molecule has 0 radical (unpaired) electrons. The maximum absolute atomic E-state index is 13.3. The quantitative estimate of drug-likeness (QED) is 0.486. The van der Waals surface area contributed by atoms with Crippen LogP contribution >= 0.6 is 0 Å². The minimum absolute atomic E-state index is 0.0772. The summed E-state index contributed by atoms with van der Waals surface area (Å²) in [7, 11) is 1.48. The molecule has 2 aromatic carbocycles. The van der Waals surface area contributed by atoms with Crippen molar-refractivity contribution in [1.29, 1.82) is 0 Å². The molecule has 138 valence electrons. The van der Waals surface area contributed by atoms with Crippen LogP contribution in [0.25, 0.3) is 22.6 Å². The number of hydrogen-bond donors (Lipinski definition) is 0. The monoisotopic (exact) mass is 375 g/mol. The van der Waals surface area contributed by atoms with E-state index < -0.39 is 16.8 Å². The molecule has 0 aliphatic rings. The van der Waals surface area contributed by atoms with Crippen LogP contribution in [0, 0.1) is 10.1 Å². The zero-order valence-corrected chi connectivity index (χ0v) is 13.9. The predicted octanol–water partition coefficient (Wildman–Crippen LogP) is 4.75. The standard InChI is InChI=1S/C18H12F3N3O3/c1-27-14-8-4-11(5-9-14)15-10-16(18(19,20)21)23-17(22-15)12-2-6-13(7-3-12)24(25)26/h2-10H,1H3. The smallest absolute Gasteiger partial charge is 0.433 e. The van der Waals surface area contributed by atoms with E-state index in [4.69, 9.17) is 4.74 Å². The number of non-ortho nitro benzene ring substituents is 1. The molecule has 6 nitrogen and oxygen atoms in total. The zero-order valence-electron chi connectivity index (χ0n) is 13.9. The number of benzene rings is 2. The SMILES string of the molecule is COc1ccc(-c2cc(C(F)(F)F)nc(-c3ccc([N+](=O)[O-])cc3)n2)cc1. The third-order valence-electron chi connectivity index (χ3n) is 3.74. The van der Waals surface area contributed by atoms with Crippen LogP contribution in [0.3, 0.4) is 0 Å². The van der Waals surface area contributed by atoms with Gasteiger partial charge in [0.05, 0.1) is 17.7 Å². The minimum atomic E-state index is -4.67. The summed E-state index contributed by atoms with van der Waals surface area (Å²) in [5, 5.41) is 10.7. The second-order valence-electron chi connectivity index (χ2n) is 5.49. The van der Waals surface area contributed by atoms with E-state index in [0.29, 0.717) is 11.3 Å². The molecule has 0 saturated heterocycles. The molecule has 27 heavy (non-hydrogen) atoms. The number of nitrogens with zero attached hydrogens (tertiary/aromatic N) is 3. The van der Waals surface area contributed by atoms with Gasteiger partial charge in [-0.05, 0) is 42.5 Å². The Kier molecular flexibility index (Phi) is 4.76. The number of ether oxygens (including phenoxy) is 1. The summed E-state index contributed by atoms with van der Waals surface area (Å²) in [6.45, 7) is 0. The summed E-state index contributed by atoms with van der Waals surface area (Å²) >= 11 is 0. The number of rotatable bonds is 4. The van der Waals surface area contributed by atoms with E-state index >= 15 is 0 Å². The predicted molar refractivity (Wildman–Crippen MR) is 91.1 cm³/mol.